The molecule has 116 valence electrons. The van der Waals surface area contributed by atoms with Crippen LogP contribution in [0.25, 0.3) is 6.08 Å². The molecule has 1 N–H and O–H groups in total. The molecule has 2 aromatic rings. The molecular weight excluding hydrogens is 318 g/mol. The molecule has 0 saturated carbocycles. The predicted octanol–water partition coefficient (Wildman–Crippen LogP) is 4.17. The Balaban J connectivity index is 1.98. The van der Waals surface area contributed by atoms with Gasteiger partial charge in [0.25, 0.3) is 5.69 Å². The van der Waals surface area contributed by atoms with Crippen molar-refractivity contribution in [2.45, 2.75) is 12.8 Å². The average Bonchev–Trinajstić information content (AvgIpc) is 2.51. The lowest BCUT2D eigenvalue weighted by molar-refractivity contribution is -0.384. The number of fused-ring (bicyclic) bond motifs is 1. The number of phenolic OH excluding ortho intramolecular Hbond substituents is 1. The van der Waals surface area contributed by atoms with Crippen molar-refractivity contribution in [3.05, 3.63) is 73.8 Å². The summed E-state index contributed by atoms with van der Waals surface area (Å²) >= 11 is 5.79. The van der Waals surface area contributed by atoms with Crippen LogP contribution in [0.1, 0.15) is 27.9 Å². The quantitative estimate of drug-likeness (QED) is 0.509. The van der Waals surface area contributed by atoms with Crippen molar-refractivity contribution in [3.8, 4) is 5.75 Å². The molecule has 0 aromatic heterocycles. The van der Waals surface area contributed by atoms with Crippen molar-refractivity contribution in [2.24, 2.45) is 0 Å². The number of carbonyl (C=O) groups excluding carboxylic acids is 1. The Hall–Kier alpha value is -2.66. The van der Waals surface area contributed by atoms with E-state index in [1.54, 1.807) is 24.3 Å². The van der Waals surface area contributed by atoms with E-state index in [9.17, 15) is 20.0 Å². The van der Waals surface area contributed by atoms with E-state index in [2.05, 4.69) is 0 Å². The molecule has 5 nitrogen and oxygen atoms in total. The minimum Gasteiger partial charge on any atom is -0.508 e. The van der Waals surface area contributed by atoms with Gasteiger partial charge in [-0.2, -0.15) is 0 Å². The molecule has 2 aromatic carbocycles. The van der Waals surface area contributed by atoms with Crippen LogP contribution in [-0.2, 0) is 6.42 Å². The Morgan fingerprint density at radius 3 is 2.70 bits per heavy atom. The number of aromatic hydroxyl groups is 1. The predicted molar refractivity (Wildman–Crippen MR) is 86.8 cm³/mol. The monoisotopic (exact) mass is 329 g/mol. The van der Waals surface area contributed by atoms with Crippen molar-refractivity contribution < 1.29 is 14.8 Å². The number of hydrogen-bond donors (Lipinski definition) is 1. The zero-order chi connectivity index (χ0) is 16.6. The number of aryl methyl sites for hydroxylation is 1. The Labute approximate surface area is 137 Å². The number of Topliss-reactive ketones (excluding diaryl/α,β-unsaturated/α-hetero) is 1. The summed E-state index contributed by atoms with van der Waals surface area (Å²) < 4.78 is 0. The van der Waals surface area contributed by atoms with Crippen LogP contribution in [0.3, 0.4) is 0 Å². The zero-order valence-electron chi connectivity index (χ0n) is 12.0. The number of allylic oxidation sites excluding steroid dienone is 1. The largest absolute Gasteiger partial charge is 0.508 e. The standard InChI is InChI=1S/C17H12ClNO4/c18-15-6-1-10(8-16(15)19(22)23)7-12-3-2-11-9-13(20)4-5-14(11)17(12)21/h1,4-9,20H,2-3H2/b12-7-. The summed E-state index contributed by atoms with van der Waals surface area (Å²) in [6.07, 6.45) is 2.81. The minimum atomic E-state index is -0.550. The van der Waals surface area contributed by atoms with Gasteiger partial charge in [0.05, 0.1) is 4.92 Å². The highest BCUT2D eigenvalue weighted by atomic mass is 35.5. The van der Waals surface area contributed by atoms with Gasteiger partial charge in [-0.3, -0.25) is 14.9 Å². The highest BCUT2D eigenvalue weighted by molar-refractivity contribution is 6.32. The van der Waals surface area contributed by atoms with Crippen LogP contribution in [0.15, 0.2) is 42.0 Å². The van der Waals surface area contributed by atoms with Crippen LogP contribution in [-0.4, -0.2) is 15.8 Å². The number of carbonyl (C=O) groups is 1. The number of ketones is 1. The number of rotatable bonds is 2. The van der Waals surface area contributed by atoms with E-state index in [0.717, 1.165) is 5.56 Å². The first-order valence-electron chi connectivity index (χ1n) is 6.97. The summed E-state index contributed by atoms with van der Waals surface area (Å²) in [7, 11) is 0. The molecule has 6 heteroatoms. The molecule has 0 radical (unpaired) electrons. The van der Waals surface area contributed by atoms with E-state index >= 15 is 0 Å². The molecule has 23 heavy (non-hydrogen) atoms. The van der Waals surface area contributed by atoms with Gasteiger partial charge in [0.15, 0.2) is 5.78 Å². The van der Waals surface area contributed by atoms with Crippen molar-refractivity contribution in [1.82, 2.24) is 0 Å². The molecule has 1 aliphatic carbocycles. The highest BCUT2D eigenvalue weighted by Gasteiger charge is 2.22. The Bertz CT molecular complexity index is 858. The smallest absolute Gasteiger partial charge is 0.288 e. The van der Waals surface area contributed by atoms with Crippen LogP contribution < -0.4 is 0 Å². The molecule has 0 saturated heterocycles. The second kappa shape index (κ2) is 5.85. The summed E-state index contributed by atoms with van der Waals surface area (Å²) in [5.74, 6) is 0.0150. The SMILES string of the molecule is O=C1/C(=C\c2ccc(Cl)c([N+](=O)[O-])c2)CCc2cc(O)ccc21. The van der Waals surface area contributed by atoms with Gasteiger partial charge in [-0.05, 0) is 54.3 Å². The number of hydrogen-bond acceptors (Lipinski definition) is 4. The molecule has 0 spiro atoms. The molecular formula is C17H12ClNO4. The Morgan fingerprint density at radius 1 is 1.17 bits per heavy atom. The highest BCUT2D eigenvalue weighted by Crippen LogP contribution is 2.31. The van der Waals surface area contributed by atoms with Gasteiger partial charge in [-0.25, -0.2) is 0 Å². The van der Waals surface area contributed by atoms with Gasteiger partial charge < -0.3 is 5.11 Å². The van der Waals surface area contributed by atoms with Crippen LogP contribution in [0, 0.1) is 10.1 Å². The second-order valence-electron chi connectivity index (χ2n) is 5.31. The fourth-order valence-electron chi connectivity index (χ4n) is 2.66. The average molecular weight is 330 g/mol. The van der Waals surface area contributed by atoms with E-state index in [1.807, 2.05) is 0 Å². The summed E-state index contributed by atoms with van der Waals surface area (Å²) in [5.41, 5.74) is 2.33. The van der Waals surface area contributed by atoms with E-state index in [4.69, 9.17) is 11.6 Å². The molecule has 0 heterocycles. The number of nitro benzene ring substituents is 1. The van der Waals surface area contributed by atoms with Gasteiger partial charge in [0.1, 0.15) is 10.8 Å². The first kappa shape index (κ1) is 15.2. The maximum atomic E-state index is 12.5. The van der Waals surface area contributed by atoms with Crippen molar-refractivity contribution >= 4 is 29.1 Å². The number of nitrogens with zero attached hydrogens (tertiary/aromatic N) is 1. The number of nitro groups is 1. The first-order chi connectivity index (χ1) is 11.0. The van der Waals surface area contributed by atoms with Crippen LogP contribution in [0.2, 0.25) is 5.02 Å². The second-order valence-corrected chi connectivity index (χ2v) is 5.72. The summed E-state index contributed by atoms with van der Waals surface area (Å²) in [4.78, 5) is 22.9. The first-order valence-corrected chi connectivity index (χ1v) is 7.34. The lowest BCUT2D eigenvalue weighted by Gasteiger charge is -2.17. The summed E-state index contributed by atoms with van der Waals surface area (Å²) in [5, 5.41) is 20.5. The molecule has 1 aliphatic rings. The fourth-order valence-corrected chi connectivity index (χ4v) is 2.85. The van der Waals surface area contributed by atoms with E-state index < -0.39 is 4.92 Å². The third-order valence-corrected chi connectivity index (χ3v) is 4.12. The van der Waals surface area contributed by atoms with Gasteiger partial charge >= 0.3 is 0 Å². The van der Waals surface area contributed by atoms with Gasteiger partial charge in [-0.15, -0.1) is 0 Å². The van der Waals surface area contributed by atoms with Crippen LogP contribution >= 0.6 is 11.6 Å². The zero-order valence-corrected chi connectivity index (χ0v) is 12.7. The molecule has 0 atom stereocenters. The number of halogens is 1. The summed E-state index contributed by atoms with van der Waals surface area (Å²) in [6.45, 7) is 0. The van der Waals surface area contributed by atoms with Gasteiger partial charge in [0.2, 0.25) is 0 Å². The van der Waals surface area contributed by atoms with Crippen LogP contribution in [0.4, 0.5) is 5.69 Å². The maximum Gasteiger partial charge on any atom is 0.288 e. The Kier molecular flexibility index (Phi) is 3.88. The maximum absolute atomic E-state index is 12.5. The lowest BCUT2D eigenvalue weighted by Crippen LogP contribution is -2.13. The normalized spacial score (nSPS) is 15.5. The third kappa shape index (κ3) is 2.96. The topological polar surface area (TPSA) is 80.4 Å². The molecule has 0 unspecified atom stereocenters. The van der Waals surface area contributed by atoms with Crippen molar-refractivity contribution in [3.63, 3.8) is 0 Å². The molecule has 0 bridgehead atoms. The fraction of sp³-hybridized carbons (Fsp3) is 0.118. The van der Waals surface area contributed by atoms with Gasteiger partial charge in [-0.1, -0.05) is 17.7 Å². The van der Waals surface area contributed by atoms with Crippen molar-refractivity contribution in [2.75, 3.05) is 0 Å². The Morgan fingerprint density at radius 2 is 1.96 bits per heavy atom. The van der Waals surface area contributed by atoms with Crippen LogP contribution in [0.5, 0.6) is 5.75 Å². The van der Waals surface area contributed by atoms with E-state index in [-0.39, 0.29) is 22.2 Å². The minimum absolute atomic E-state index is 0.0629. The number of benzene rings is 2. The number of phenols is 1. The van der Waals surface area contributed by atoms with E-state index in [1.165, 1.54) is 18.2 Å². The van der Waals surface area contributed by atoms with Gasteiger partial charge in [0, 0.05) is 17.2 Å². The van der Waals surface area contributed by atoms with E-state index in [0.29, 0.717) is 29.5 Å². The molecule has 0 fully saturated rings. The lowest BCUT2D eigenvalue weighted by atomic mass is 9.86. The molecule has 3 rings (SSSR count). The summed E-state index contributed by atoms with van der Waals surface area (Å²) in [6, 6.07) is 9.12. The molecule has 0 amide bonds. The molecule has 0 aliphatic heterocycles. The third-order valence-electron chi connectivity index (χ3n) is 3.80. The van der Waals surface area contributed by atoms with Crippen molar-refractivity contribution in [1.29, 1.82) is 0 Å².